The number of hydrogen-bond acceptors (Lipinski definition) is 1. The molecule has 0 saturated heterocycles. The van der Waals surface area contributed by atoms with Gasteiger partial charge in [0.1, 0.15) is 0 Å². The second kappa shape index (κ2) is 3.22. The third-order valence-electron chi connectivity index (χ3n) is 4.87. The Morgan fingerprint density at radius 3 is 2.13 bits per heavy atom. The van der Waals surface area contributed by atoms with Crippen molar-refractivity contribution in [3.05, 3.63) is 0 Å². The summed E-state index contributed by atoms with van der Waals surface area (Å²) in [6.45, 7) is 4.14. The van der Waals surface area contributed by atoms with E-state index in [0.717, 1.165) is 12.8 Å². The molecule has 3 aliphatic rings. The van der Waals surface area contributed by atoms with E-state index < -0.39 is 11.4 Å². The Bertz CT molecular complexity index is 329. The maximum atomic E-state index is 11.5. The Kier molecular flexibility index (Phi) is 2.66. The Balaban J connectivity index is 2.50. The molecule has 0 radical (unpaired) electrons. The summed E-state index contributed by atoms with van der Waals surface area (Å²) in [5.41, 5.74) is -0.768. The summed E-state index contributed by atoms with van der Waals surface area (Å²) in [5, 5.41) is 9.45. The van der Waals surface area contributed by atoms with E-state index in [-0.39, 0.29) is 19.4 Å². The second-order valence-corrected chi connectivity index (χ2v) is 9.08. The van der Waals surface area contributed by atoms with Crippen molar-refractivity contribution in [1.82, 2.24) is 0 Å². The predicted molar refractivity (Wildman–Crippen MR) is 69.9 cm³/mol. The van der Waals surface area contributed by atoms with Gasteiger partial charge in [-0.25, -0.2) is 0 Å². The molecule has 0 aliphatic heterocycles. The molecule has 0 spiro atoms. The SMILES string of the molecule is CC1(C)[C@]2(C(Br)Br)CC[C@@]1(C(=O)O)[C@H]2Br. The van der Waals surface area contributed by atoms with Crippen LogP contribution < -0.4 is 0 Å². The molecule has 0 aromatic carbocycles. The Morgan fingerprint density at radius 1 is 1.40 bits per heavy atom. The fraction of sp³-hybridized carbons (Fsp3) is 0.900. The molecule has 0 aromatic rings. The lowest BCUT2D eigenvalue weighted by molar-refractivity contribution is -0.179. The van der Waals surface area contributed by atoms with Gasteiger partial charge in [-0.3, -0.25) is 4.79 Å². The minimum absolute atomic E-state index is 0.00535. The van der Waals surface area contributed by atoms with E-state index in [1.54, 1.807) is 0 Å². The summed E-state index contributed by atoms with van der Waals surface area (Å²) in [5.74, 6) is -0.664. The fourth-order valence-electron chi connectivity index (χ4n) is 3.67. The summed E-state index contributed by atoms with van der Waals surface area (Å²) in [6, 6.07) is 0. The van der Waals surface area contributed by atoms with E-state index in [1.807, 2.05) is 0 Å². The summed E-state index contributed by atoms with van der Waals surface area (Å²) < 4.78 is 0.159. The molecule has 3 rings (SSSR count). The molecule has 3 aliphatic carbocycles. The highest BCUT2D eigenvalue weighted by Gasteiger charge is 2.83. The molecule has 3 saturated carbocycles. The molecule has 2 bridgehead atoms. The third kappa shape index (κ3) is 0.998. The van der Waals surface area contributed by atoms with E-state index in [1.165, 1.54) is 0 Å². The second-order valence-electron chi connectivity index (χ2n) is 5.11. The Morgan fingerprint density at radius 2 is 1.93 bits per heavy atom. The van der Waals surface area contributed by atoms with Crippen LogP contribution in [0.25, 0.3) is 0 Å². The van der Waals surface area contributed by atoms with Gasteiger partial charge in [0.25, 0.3) is 0 Å². The number of alkyl halides is 3. The number of halogens is 3. The fourth-order valence-corrected chi connectivity index (χ4v) is 8.57. The van der Waals surface area contributed by atoms with Gasteiger partial charge in [0.05, 0.1) is 9.15 Å². The first kappa shape index (κ1) is 12.4. The van der Waals surface area contributed by atoms with Crippen molar-refractivity contribution < 1.29 is 9.90 Å². The zero-order chi connectivity index (χ0) is 11.6. The van der Waals surface area contributed by atoms with E-state index in [4.69, 9.17) is 0 Å². The van der Waals surface area contributed by atoms with Crippen molar-refractivity contribution in [2.45, 2.75) is 35.3 Å². The van der Waals surface area contributed by atoms with Crippen LogP contribution in [0, 0.1) is 16.2 Å². The number of hydrogen-bond donors (Lipinski definition) is 1. The molecule has 0 heterocycles. The van der Waals surface area contributed by atoms with Gasteiger partial charge in [-0.05, 0) is 18.3 Å². The maximum absolute atomic E-state index is 11.5. The molecule has 3 fully saturated rings. The highest BCUT2D eigenvalue weighted by atomic mass is 79.9. The van der Waals surface area contributed by atoms with Gasteiger partial charge in [0.15, 0.2) is 0 Å². The summed E-state index contributed by atoms with van der Waals surface area (Å²) >= 11 is 10.8. The molecule has 3 atom stereocenters. The van der Waals surface area contributed by atoms with Gasteiger partial charge >= 0.3 is 5.97 Å². The molecule has 0 amide bonds. The van der Waals surface area contributed by atoms with Crippen molar-refractivity contribution in [2.24, 2.45) is 16.2 Å². The summed E-state index contributed by atoms with van der Waals surface area (Å²) in [6.07, 6.45) is 1.71. The van der Waals surface area contributed by atoms with E-state index in [9.17, 15) is 9.90 Å². The van der Waals surface area contributed by atoms with Crippen molar-refractivity contribution in [3.63, 3.8) is 0 Å². The first-order valence-electron chi connectivity index (χ1n) is 4.91. The minimum Gasteiger partial charge on any atom is -0.481 e. The Hall–Kier alpha value is 0.910. The highest BCUT2D eigenvalue weighted by Crippen LogP contribution is 2.82. The van der Waals surface area contributed by atoms with Gasteiger partial charge in [0, 0.05) is 10.2 Å². The van der Waals surface area contributed by atoms with Crippen LogP contribution in [-0.4, -0.2) is 19.6 Å². The van der Waals surface area contributed by atoms with Crippen LogP contribution in [0.15, 0.2) is 0 Å². The van der Waals surface area contributed by atoms with Crippen molar-refractivity contribution >= 4 is 53.8 Å². The lowest BCUT2D eigenvalue weighted by Crippen LogP contribution is -2.70. The largest absolute Gasteiger partial charge is 0.481 e. The summed E-state index contributed by atoms with van der Waals surface area (Å²) in [7, 11) is 0. The predicted octanol–water partition coefficient (Wildman–Crippen LogP) is 3.76. The van der Waals surface area contributed by atoms with Crippen molar-refractivity contribution in [3.8, 4) is 0 Å². The van der Waals surface area contributed by atoms with Gasteiger partial charge in [-0.1, -0.05) is 61.6 Å². The smallest absolute Gasteiger partial charge is 0.311 e. The molecule has 1 N–H and O–H groups in total. The zero-order valence-electron chi connectivity index (χ0n) is 8.56. The number of fused-ring (bicyclic) bond motifs is 1. The van der Waals surface area contributed by atoms with E-state index in [2.05, 4.69) is 61.6 Å². The molecule has 86 valence electrons. The van der Waals surface area contributed by atoms with Crippen LogP contribution in [0.1, 0.15) is 26.7 Å². The molecule has 0 unspecified atom stereocenters. The minimum atomic E-state index is -0.664. The normalized spacial score (nSPS) is 46.7. The third-order valence-corrected chi connectivity index (χ3v) is 8.10. The van der Waals surface area contributed by atoms with E-state index >= 15 is 0 Å². The van der Waals surface area contributed by atoms with Crippen LogP contribution in [0.4, 0.5) is 0 Å². The molecule has 2 nitrogen and oxygen atoms in total. The maximum Gasteiger partial charge on any atom is 0.311 e. The van der Waals surface area contributed by atoms with Crippen molar-refractivity contribution in [2.75, 3.05) is 0 Å². The number of carboxylic acids is 1. The van der Waals surface area contributed by atoms with Crippen LogP contribution in [-0.2, 0) is 4.79 Å². The first-order valence-corrected chi connectivity index (χ1v) is 7.65. The Labute approximate surface area is 115 Å². The molecule has 15 heavy (non-hydrogen) atoms. The topological polar surface area (TPSA) is 37.3 Å². The first-order chi connectivity index (χ1) is 6.75. The van der Waals surface area contributed by atoms with Crippen LogP contribution >= 0.6 is 47.8 Å². The quantitative estimate of drug-likeness (QED) is 0.711. The standard InChI is InChI=1S/C10H13Br3O2/c1-8(2)9(6(12)13)3-4-10(8,5(9)11)7(14)15/h5-6H,3-4H2,1-2H3,(H,14,15)/t5-,9+,10-/m0/s1. The lowest BCUT2D eigenvalue weighted by atomic mass is 9.43. The van der Waals surface area contributed by atoms with Crippen LogP contribution in [0.3, 0.4) is 0 Å². The van der Waals surface area contributed by atoms with Gasteiger partial charge < -0.3 is 5.11 Å². The average molecular weight is 405 g/mol. The average Bonchev–Trinajstić information content (AvgIpc) is 2.53. The number of rotatable bonds is 2. The highest BCUT2D eigenvalue weighted by molar-refractivity contribution is 9.24. The van der Waals surface area contributed by atoms with Gasteiger partial charge in [0.2, 0.25) is 0 Å². The van der Waals surface area contributed by atoms with E-state index in [0.29, 0.717) is 0 Å². The summed E-state index contributed by atoms with van der Waals surface area (Å²) in [4.78, 5) is 11.5. The lowest BCUT2D eigenvalue weighted by Gasteiger charge is -2.65. The molecule has 5 heteroatoms. The van der Waals surface area contributed by atoms with Gasteiger partial charge in [-0.15, -0.1) is 0 Å². The zero-order valence-corrected chi connectivity index (χ0v) is 13.3. The number of aliphatic carboxylic acids is 1. The number of carboxylic acid groups (broad SMARTS) is 1. The van der Waals surface area contributed by atoms with Crippen molar-refractivity contribution in [1.29, 1.82) is 0 Å². The molecular formula is C10H13Br3O2. The molecule has 0 aromatic heterocycles. The van der Waals surface area contributed by atoms with Crippen LogP contribution in [0.2, 0.25) is 0 Å². The number of carbonyl (C=O) groups is 1. The monoisotopic (exact) mass is 402 g/mol. The molecular weight excluding hydrogens is 392 g/mol. The van der Waals surface area contributed by atoms with Gasteiger partial charge in [-0.2, -0.15) is 0 Å². The van der Waals surface area contributed by atoms with Crippen LogP contribution in [0.5, 0.6) is 0 Å².